The molecule has 0 amide bonds. The Morgan fingerprint density at radius 2 is 1.97 bits per heavy atom. The van der Waals surface area contributed by atoms with Crippen LogP contribution in [0, 0.1) is 11.3 Å². The zero-order valence-electron chi connectivity index (χ0n) is 19.1. The normalized spacial score (nSPS) is 19.7. The summed E-state index contributed by atoms with van der Waals surface area (Å²) in [5.41, 5.74) is 1.48. The highest BCUT2D eigenvalue weighted by molar-refractivity contribution is 7.18. The second-order valence-corrected chi connectivity index (χ2v) is 11.2. The smallest absolute Gasteiger partial charge is 0.355 e. The van der Waals surface area contributed by atoms with E-state index in [0.717, 1.165) is 61.6 Å². The van der Waals surface area contributed by atoms with Crippen LogP contribution in [0.5, 0.6) is 0 Å². The van der Waals surface area contributed by atoms with Crippen LogP contribution in [-0.2, 0) is 13.5 Å². The van der Waals surface area contributed by atoms with Crippen molar-refractivity contribution in [2.24, 2.45) is 18.4 Å². The van der Waals surface area contributed by atoms with E-state index in [9.17, 15) is 13.2 Å². The molecule has 0 aliphatic carbocycles. The molecule has 3 aromatic heterocycles. The highest BCUT2D eigenvalue weighted by Gasteiger charge is 2.50. The molecule has 0 bridgehead atoms. The number of fused-ring (bicyclic) bond motifs is 1. The zero-order chi connectivity index (χ0) is 23.4. The Kier molecular flexibility index (Phi) is 5.63. The van der Waals surface area contributed by atoms with E-state index >= 15 is 0 Å². The van der Waals surface area contributed by atoms with Gasteiger partial charge in [-0.15, -0.1) is 11.3 Å². The largest absolute Gasteiger partial charge is 0.393 e. The molecule has 0 N–H and O–H groups in total. The average Bonchev–Trinajstić information content (AvgIpc) is 3.40. The van der Waals surface area contributed by atoms with Gasteiger partial charge in [-0.2, -0.15) is 18.3 Å². The molecular weight excluding hydrogens is 449 g/mol. The summed E-state index contributed by atoms with van der Waals surface area (Å²) in [6, 6.07) is 1.99. The van der Waals surface area contributed by atoms with E-state index in [2.05, 4.69) is 44.9 Å². The molecule has 1 spiro atoms. The van der Waals surface area contributed by atoms with Crippen LogP contribution in [0.3, 0.4) is 0 Å². The SMILES string of the molecule is CC(C)CC(c1cnn(C)c1)N1CC2(CCN(c3ncnc4sc(CC(F)(F)F)cc34)C2)C1. The third-order valence-corrected chi connectivity index (χ3v) is 7.84. The Balaban J connectivity index is 1.31. The van der Waals surface area contributed by atoms with Crippen molar-refractivity contribution in [3.63, 3.8) is 0 Å². The van der Waals surface area contributed by atoms with E-state index in [1.807, 2.05) is 17.9 Å². The quantitative estimate of drug-likeness (QED) is 0.508. The molecule has 0 aromatic carbocycles. The van der Waals surface area contributed by atoms with Crippen LogP contribution in [0.2, 0.25) is 0 Å². The Hall–Kier alpha value is -2.20. The molecule has 1 atom stereocenters. The summed E-state index contributed by atoms with van der Waals surface area (Å²) in [5.74, 6) is 1.36. The van der Waals surface area contributed by atoms with Crippen molar-refractivity contribution >= 4 is 27.4 Å². The molecule has 178 valence electrons. The molecule has 1 unspecified atom stereocenters. The molecule has 2 aliphatic rings. The molecule has 10 heteroatoms. The fourth-order valence-corrected chi connectivity index (χ4v) is 6.42. The predicted octanol–water partition coefficient (Wildman–Crippen LogP) is 4.83. The number of rotatable bonds is 6. The van der Waals surface area contributed by atoms with Gasteiger partial charge in [0.25, 0.3) is 0 Å². The summed E-state index contributed by atoms with van der Waals surface area (Å²) in [5, 5.41) is 5.12. The van der Waals surface area contributed by atoms with Crippen LogP contribution >= 0.6 is 11.3 Å². The summed E-state index contributed by atoms with van der Waals surface area (Å²) in [6.07, 6.45) is 2.59. The van der Waals surface area contributed by atoms with Gasteiger partial charge in [0.2, 0.25) is 0 Å². The predicted molar refractivity (Wildman–Crippen MR) is 123 cm³/mol. The first kappa shape index (κ1) is 22.6. The molecule has 6 nitrogen and oxygen atoms in total. The van der Waals surface area contributed by atoms with Gasteiger partial charge in [0.15, 0.2) is 0 Å². The number of anilines is 1. The summed E-state index contributed by atoms with van der Waals surface area (Å²) < 4.78 is 40.5. The third kappa shape index (κ3) is 4.59. The molecule has 5 heterocycles. The first-order valence-electron chi connectivity index (χ1n) is 11.4. The molecule has 2 aliphatic heterocycles. The summed E-state index contributed by atoms with van der Waals surface area (Å²) >= 11 is 1.11. The summed E-state index contributed by atoms with van der Waals surface area (Å²) in [6.45, 7) is 8.29. The van der Waals surface area contributed by atoms with E-state index in [-0.39, 0.29) is 10.3 Å². The van der Waals surface area contributed by atoms with E-state index in [1.54, 1.807) is 6.07 Å². The van der Waals surface area contributed by atoms with Crippen molar-refractivity contribution in [2.45, 2.75) is 45.3 Å². The van der Waals surface area contributed by atoms with Crippen LogP contribution in [0.15, 0.2) is 24.8 Å². The Bertz CT molecular complexity index is 1130. The summed E-state index contributed by atoms with van der Waals surface area (Å²) in [4.78, 5) is 14.4. The summed E-state index contributed by atoms with van der Waals surface area (Å²) in [7, 11) is 1.95. The van der Waals surface area contributed by atoms with Gasteiger partial charge in [-0.1, -0.05) is 13.8 Å². The van der Waals surface area contributed by atoms with Gasteiger partial charge >= 0.3 is 6.18 Å². The van der Waals surface area contributed by atoms with E-state index < -0.39 is 12.6 Å². The number of likely N-dealkylation sites (tertiary alicyclic amines) is 1. The van der Waals surface area contributed by atoms with Crippen molar-refractivity contribution in [2.75, 3.05) is 31.1 Å². The molecule has 2 saturated heterocycles. The number of thiophene rings is 1. The van der Waals surface area contributed by atoms with Gasteiger partial charge in [-0.25, -0.2) is 9.97 Å². The minimum Gasteiger partial charge on any atom is -0.355 e. The van der Waals surface area contributed by atoms with Gasteiger partial charge < -0.3 is 4.90 Å². The number of alkyl halides is 3. The van der Waals surface area contributed by atoms with Crippen molar-refractivity contribution < 1.29 is 13.2 Å². The van der Waals surface area contributed by atoms with Crippen LogP contribution in [0.1, 0.15) is 43.2 Å². The third-order valence-electron chi connectivity index (χ3n) is 6.79. The standard InChI is InChI=1S/C23H29F3N6S/c1-15(2)6-19(16-9-29-30(3)10-16)32-12-22(13-32)4-5-31(11-22)20-18-7-17(8-23(24,25)26)33-21(18)28-14-27-20/h7,9-10,14-15,19H,4-6,8,11-13H2,1-3H3. The van der Waals surface area contributed by atoms with Gasteiger partial charge in [0.05, 0.1) is 18.0 Å². The zero-order valence-corrected chi connectivity index (χ0v) is 20.0. The van der Waals surface area contributed by atoms with E-state index in [0.29, 0.717) is 16.8 Å². The minimum absolute atomic E-state index is 0.208. The maximum absolute atomic E-state index is 12.9. The Morgan fingerprint density at radius 3 is 2.64 bits per heavy atom. The molecule has 0 radical (unpaired) electrons. The monoisotopic (exact) mass is 478 g/mol. The fraction of sp³-hybridized carbons (Fsp3) is 0.609. The number of aromatic nitrogens is 4. The van der Waals surface area contributed by atoms with Gasteiger partial charge in [-0.3, -0.25) is 9.58 Å². The van der Waals surface area contributed by atoms with Gasteiger partial charge in [0, 0.05) is 61.3 Å². The Labute approximate surface area is 195 Å². The van der Waals surface area contributed by atoms with Crippen LogP contribution < -0.4 is 4.90 Å². The molecule has 2 fully saturated rings. The molecule has 0 saturated carbocycles. The topological polar surface area (TPSA) is 50.1 Å². The number of halogens is 3. The number of hydrogen-bond acceptors (Lipinski definition) is 6. The van der Waals surface area contributed by atoms with Gasteiger partial charge in [-0.05, 0) is 24.8 Å². The molecule has 5 rings (SSSR count). The van der Waals surface area contributed by atoms with E-state index in [4.69, 9.17) is 0 Å². The second kappa shape index (κ2) is 8.23. The van der Waals surface area contributed by atoms with Crippen LogP contribution in [0.25, 0.3) is 10.2 Å². The minimum atomic E-state index is -4.22. The van der Waals surface area contributed by atoms with Gasteiger partial charge in [0.1, 0.15) is 17.0 Å². The maximum Gasteiger partial charge on any atom is 0.393 e. The second-order valence-electron chi connectivity index (χ2n) is 10.1. The van der Waals surface area contributed by atoms with Crippen molar-refractivity contribution in [1.29, 1.82) is 0 Å². The fourth-order valence-electron chi connectivity index (χ4n) is 5.39. The average molecular weight is 479 g/mol. The highest BCUT2D eigenvalue weighted by Crippen LogP contribution is 2.46. The molecular formula is C23H29F3N6S. The lowest BCUT2D eigenvalue weighted by Gasteiger charge is -2.52. The molecule has 33 heavy (non-hydrogen) atoms. The number of hydrogen-bond donors (Lipinski definition) is 0. The number of nitrogens with zero attached hydrogens (tertiary/aromatic N) is 6. The van der Waals surface area contributed by atoms with E-state index in [1.165, 1.54) is 11.9 Å². The van der Waals surface area contributed by atoms with Crippen molar-refractivity contribution in [3.05, 3.63) is 35.2 Å². The highest BCUT2D eigenvalue weighted by atomic mass is 32.1. The van der Waals surface area contributed by atoms with Crippen molar-refractivity contribution in [1.82, 2.24) is 24.6 Å². The first-order chi connectivity index (χ1) is 15.6. The lowest BCUT2D eigenvalue weighted by atomic mass is 9.77. The first-order valence-corrected chi connectivity index (χ1v) is 12.2. The Morgan fingerprint density at radius 1 is 1.18 bits per heavy atom. The van der Waals surface area contributed by atoms with Crippen LogP contribution in [-0.4, -0.2) is 57.0 Å². The number of aryl methyl sites for hydroxylation is 1. The lowest BCUT2D eigenvalue weighted by Crippen LogP contribution is -2.58. The lowest BCUT2D eigenvalue weighted by molar-refractivity contribution is -0.126. The maximum atomic E-state index is 12.9. The van der Waals surface area contributed by atoms with Crippen LogP contribution in [0.4, 0.5) is 19.0 Å². The molecule has 3 aromatic rings. The van der Waals surface area contributed by atoms with Crippen molar-refractivity contribution in [3.8, 4) is 0 Å².